The average Bonchev–Trinajstić information content (AvgIpc) is 3.55. The van der Waals surface area contributed by atoms with Crippen LogP contribution in [0.2, 0.25) is 0 Å². The summed E-state index contributed by atoms with van der Waals surface area (Å²) >= 11 is 0. The van der Waals surface area contributed by atoms with Crippen molar-refractivity contribution in [3.63, 3.8) is 0 Å². The Hall–Kier alpha value is -2.88. The predicted molar refractivity (Wildman–Crippen MR) is 126 cm³/mol. The molecule has 0 bridgehead atoms. The number of aromatic nitrogens is 2. The molecule has 2 aromatic rings. The molecule has 9 nitrogen and oxygen atoms in total. The highest BCUT2D eigenvalue weighted by atomic mass is 32.2. The van der Waals surface area contributed by atoms with Gasteiger partial charge in [0, 0.05) is 50.5 Å². The fourth-order valence-electron chi connectivity index (χ4n) is 4.53. The van der Waals surface area contributed by atoms with Crippen molar-refractivity contribution in [2.75, 3.05) is 37.4 Å². The zero-order valence-electron chi connectivity index (χ0n) is 19.4. The quantitative estimate of drug-likeness (QED) is 0.587. The molecule has 1 aromatic carbocycles. The average molecular weight is 487 g/mol. The molecule has 2 fully saturated rings. The molecule has 3 heterocycles. The van der Waals surface area contributed by atoms with E-state index in [9.17, 15) is 13.2 Å². The molecular formula is C24H30N4O5S. The molecule has 1 aliphatic carbocycles. The van der Waals surface area contributed by atoms with Gasteiger partial charge in [-0.25, -0.2) is 23.2 Å². The number of hydrogen-bond donors (Lipinski definition) is 0. The van der Waals surface area contributed by atoms with E-state index in [2.05, 4.69) is 14.9 Å². The Balaban J connectivity index is 1.17. The van der Waals surface area contributed by atoms with E-state index in [-0.39, 0.29) is 12.2 Å². The monoisotopic (exact) mass is 486 g/mol. The van der Waals surface area contributed by atoms with Crippen molar-refractivity contribution >= 4 is 27.4 Å². The van der Waals surface area contributed by atoms with E-state index < -0.39 is 9.84 Å². The van der Waals surface area contributed by atoms with Gasteiger partial charge in [-0.3, -0.25) is 0 Å². The maximum absolute atomic E-state index is 12.2. The van der Waals surface area contributed by atoms with E-state index in [1.165, 1.54) is 25.4 Å². The highest BCUT2D eigenvalue weighted by molar-refractivity contribution is 7.90. The van der Waals surface area contributed by atoms with Crippen LogP contribution < -0.4 is 9.64 Å². The second-order valence-corrected chi connectivity index (χ2v) is 11.3. The maximum atomic E-state index is 12.2. The standard InChI is InChI=1S/C24H30N4O5S/c1-34(30,31)20-4-5-21-18(14-20)6-12-28(21)22-15-23(26-16-25-22)33-19-7-10-27(11-8-19)24(29)32-13-9-17-2-3-17/h4-5,14-17,19H,2-3,6-13H2,1H3. The Morgan fingerprint density at radius 2 is 1.88 bits per heavy atom. The first kappa shape index (κ1) is 22.9. The molecule has 182 valence electrons. The van der Waals surface area contributed by atoms with Gasteiger partial charge in [0.2, 0.25) is 5.88 Å². The number of fused-ring (bicyclic) bond motifs is 1. The highest BCUT2D eigenvalue weighted by Gasteiger charge is 2.27. The van der Waals surface area contributed by atoms with Gasteiger partial charge in [-0.05, 0) is 42.5 Å². The summed E-state index contributed by atoms with van der Waals surface area (Å²) in [5, 5.41) is 0. The number of rotatable bonds is 7. The zero-order valence-corrected chi connectivity index (χ0v) is 20.2. The molecule has 3 aliphatic rings. The number of carbonyl (C=O) groups excluding carboxylic acids is 1. The van der Waals surface area contributed by atoms with Crippen molar-refractivity contribution in [3.8, 4) is 5.88 Å². The van der Waals surface area contributed by atoms with Gasteiger partial charge in [0.1, 0.15) is 18.2 Å². The molecule has 34 heavy (non-hydrogen) atoms. The first-order chi connectivity index (χ1) is 16.4. The van der Waals surface area contributed by atoms with Crippen LogP contribution >= 0.6 is 0 Å². The molecule has 0 N–H and O–H groups in total. The number of carbonyl (C=O) groups is 1. The number of hydrogen-bond acceptors (Lipinski definition) is 8. The van der Waals surface area contributed by atoms with Crippen molar-refractivity contribution in [3.05, 3.63) is 36.2 Å². The Labute approximate surface area is 200 Å². The predicted octanol–water partition coefficient (Wildman–Crippen LogP) is 3.35. The SMILES string of the molecule is CS(=O)(=O)c1ccc2c(c1)CCN2c1cc(OC2CCN(C(=O)OCCC3CC3)CC2)ncn1. The molecule has 0 spiro atoms. The van der Waals surface area contributed by atoms with Crippen LogP contribution in [0.15, 0.2) is 35.5 Å². The summed E-state index contributed by atoms with van der Waals surface area (Å²) in [5.74, 6) is 1.97. The van der Waals surface area contributed by atoms with Gasteiger partial charge in [-0.2, -0.15) is 0 Å². The summed E-state index contributed by atoms with van der Waals surface area (Å²) in [6, 6.07) is 7.03. The summed E-state index contributed by atoms with van der Waals surface area (Å²) in [6.07, 6.45) is 8.14. The molecule has 5 rings (SSSR count). The lowest BCUT2D eigenvalue weighted by molar-refractivity contribution is 0.0650. The van der Waals surface area contributed by atoms with Gasteiger partial charge in [0.15, 0.2) is 9.84 Å². The molecule has 1 amide bonds. The Bertz CT molecular complexity index is 1160. The van der Waals surface area contributed by atoms with Gasteiger partial charge >= 0.3 is 6.09 Å². The van der Waals surface area contributed by atoms with Crippen LogP contribution in [0, 0.1) is 5.92 Å². The lowest BCUT2D eigenvalue weighted by Crippen LogP contribution is -2.42. The van der Waals surface area contributed by atoms with E-state index in [1.807, 2.05) is 12.1 Å². The number of likely N-dealkylation sites (tertiary alicyclic amines) is 1. The smallest absolute Gasteiger partial charge is 0.409 e. The van der Waals surface area contributed by atoms with E-state index in [4.69, 9.17) is 9.47 Å². The van der Waals surface area contributed by atoms with E-state index in [0.717, 1.165) is 42.9 Å². The first-order valence-electron chi connectivity index (χ1n) is 11.9. The summed E-state index contributed by atoms with van der Waals surface area (Å²) in [6.45, 7) is 2.43. The fourth-order valence-corrected chi connectivity index (χ4v) is 5.20. The van der Waals surface area contributed by atoms with Gasteiger partial charge in [0.25, 0.3) is 0 Å². The van der Waals surface area contributed by atoms with E-state index >= 15 is 0 Å². The summed E-state index contributed by atoms with van der Waals surface area (Å²) in [7, 11) is -3.24. The number of benzene rings is 1. The van der Waals surface area contributed by atoms with Crippen molar-refractivity contribution in [1.82, 2.24) is 14.9 Å². The second-order valence-electron chi connectivity index (χ2n) is 9.33. The van der Waals surface area contributed by atoms with Crippen LogP contribution in [0.1, 0.15) is 37.7 Å². The first-order valence-corrected chi connectivity index (χ1v) is 13.8. The molecule has 0 radical (unpaired) electrons. The molecule has 0 unspecified atom stereocenters. The number of ether oxygens (including phenoxy) is 2. The van der Waals surface area contributed by atoms with Crippen molar-refractivity contribution in [2.45, 2.75) is 49.5 Å². The number of anilines is 2. The molecule has 1 saturated heterocycles. The third-order valence-electron chi connectivity index (χ3n) is 6.71. The molecule has 1 saturated carbocycles. The topological polar surface area (TPSA) is 102 Å². The number of amides is 1. The van der Waals surface area contributed by atoms with Crippen molar-refractivity contribution in [2.24, 2.45) is 5.92 Å². The van der Waals surface area contributed by atoms with E-state index in [1.54, 1.807) is 17.0 Å². The highest BCUT2D eigenvalue weighted by Crippen LogP contribution is 2.36. The van der Waals surface area contributed by atoms with Crippen LogP contribution in [-0.4, -0.2) is 68.0 Å². The van der Waals surface area contributed by atoms with Crippen molar-refractivity contribution in [1.29, 1.82) is 0 Å². The van der Waals surface area contributed by atoms with Gasteiger partial charge < -0.3 is 19.3 Å². The number of piperidine rings is 1. The Kier molecular flexibility index (Phi) is 6.33. The summed E-state index contributed by atoms with van der Waals surface area (Å²) in [5.41, 5.74) is 1.94. The molecular weight excluding hydrogens is 456 g/mol. The number of nitrogens with zero attached hydrogens (tertiary/aromatic N) is 4. The van der Waals surface area contributed by atoms with Gasteiger partial charge in [-0.1, -0.05) is 12.8 Å². The van der Waals surface area contributed by atoms with Crippen LogP contribution in [0.3, 0.4) is 0 Å². The third kappa shape index (κ3) is 5.27. The third-order valence-corrected chi connectivity index (χ3v) is 7.83. The largest absolute Gasteiger partial charge is 0.474 e. The Morgan fingerprint density at radius 3 is 2.62 bits per heavy atom. The van der Waals surface area contributed by atoms with Crippen molar-refractivity contribution < 1.29 is 22.7 Å². The van der Waals surface area contributed by atoms with E-state index in [0.29, 0.717) is 42.8 Å². The minimum Gasteiger partial charge on any atom is -0.474 e. The normalized spacial score (nSPS) is 18.6. The van der Waals surface area contributed by atoms with Crippen LogP contribution in [0.5, 0.6) is 5.88 Å². The summed E-state index contributed by atoms with van der Waals surface area (Å²) < 4.78 is 35.3. The molecule has 1 aromatic heterocycles. The molecule has 0 atom stereocenters. The van der Waals surface area contributed by atoms with Crippen LogP contribution in [0.4, 0.5) is 16.3 Å². The van der Waals surface area contributed by atoms with Crippen LogP contribution in [0.25, 0.3) is 0 Å². The van der Waals surface area contributed by atoms with Gasteiger partial charge in [-0.15, -0.1) is 0 Å². The minimum atomic E-state index is -3.24. The molecule has 10 heteroatoms. The Morgan fingerprint density at radius 1 is 1.09 bits per heavy atom. The lowest BCUT2D eigenvalue weighted by atomic mass is 10.1. The molecule has 2 aliphatic heterocycles. The second kappa shape index (κ2) is 9.40. The fraction of sp³-hybridized carbons (Fsp3) is 0.542. The van der Waals surface area contributed by atoms with Crippen LogP contribution in [-0.2, 0) is 21.0 Å². The lowest BCUT2D eigenvalue weighted by Gasteiger charge is -2.31. The minimum absolute atomic E-state index is 0.0264. The maximum Gasteiger partial charge on any atom is 0.409 e. The van der Waals surface area contributed by atoms with Gasteiger partial charge in [0.05, 0.1) is 11.5 Å². The summed E-state index contributed by atoms with van der Waals surface area (Å²) in [4.78, 5) is 25.1. The number of sulfone groups is 1. The zero-order chi connectivity index (χ0) is 23.7.